The van der Waals surface area contributed by atoms with E-state index in [9.17, 15) is 9.59 Å². The van der Waals surface area contributed by atoms with E-state index < -0.39 is 0 Å². The van der Waals surface area contributed by atoms with Crippen molar-refractivity contribution in [3.05, 3.63) is 0 Å². The van der Waals surface area contributed by atoms with Gasteiger partial charge >= 0.3 is 0 Å². The molecule has 0 aromatic carbocycles. The lowest BCUT2D eigenvalue weighted by Gasteiger charge is -2.45. The van der Waals surface area contributed by atoms with E-state index in [1.54, 1.807) is 0 Å². The van der Waals surface area contributed by atoms with Crippen LogP contribution in [-0.2, 0) is 9.59 Å². The number of hydrogen-bond acceptors (Lipinski definition) is 2. The van der Waals surface area contributed by atoms with Crippen LogP contribution < -0.4 is 0 Å². The number of carbonyl (C=O) groups is 2. The average molecular weight is 318 g/mol. The molecule has 4 rings (SSSR count). The summed E-state index contributed by atoms with van der Waals surface area (Å²) in [5.74, 6) is 1.96. The van der Waals surface area contributed by atoms with Gasteiger partial charge in [-0.05, 0) is 56.8 Å². The summed E-state index contributed by atoms with van der Waals surface area (Å²) < 4.78 is 0. The molecule has 2 saturated carbocycles. The number of likely N-dealkylation sites (tertiary alicyclic amines) is 2. The summed E-state index contributed by atoms with van der Waals surface area (Å²) >= 11 is 0. The van der Waals surface area contributed by atoms with Crippen molar-refractivity contribution in [1.29, 1.82) is 0 Å². The first-order chi connectivity index (χ1) is 11.2. The average Bonchev–Trinajstić information content (AvgIpc) is 3.10. The molecule has 4 heteroatoms. The molecule has 0 bridgehead atoms. The second-order valence-electron chi connectivity index (χ2n) is 8.48. The predicted octanol–water partition coefficient (Wildman–Crippen LogP) is 2.96. The van der Waals surface area contributed by atoms with E-state index in [1.807, 2.05) is 0 Å². The van der Waals surface area contributed by atoms with E-state index in [2.05, 4.69) is 9.80 Å². The molecule has 0 aromatic rings. The van der Waals surface area contributed by atoms with Gasteiger partial charge in [-0.25, -0.2) is 0 Å². The summed E-state index contributed by atoms with van der Waals surface area (Å²) in [6, 6.07) is 0. The summed E-state index contributed by atoms with van der Waals surface area (Å²) in [6.07, 6.45) is 12.2. The number of nitrogens with zero attached hydrogens (tertiary/aromatic N) is 2. The Bertz CT molecular complexity index is 482. The van der Waals surface area contributed by atoms with E-state index >= 15 is 0 Å². The molecular weight excluding hydrogens is 288 g/mol. The van der Waals surface area contributed by atoms with Crippen molar-refractivity contribution in [2.45, 2.75) is 76.2 Å². The van der Waals surface area contributed by atoms with E-state index in [4.69, 9.17) is 0 Å². The highest BCUT2D eigenvalue weighted by Crippen LogP contribution is 2.40. The summed E-state index contributed by atoms with van der Waals surface area (Å²) in [6.45, 7) is 2.61. The quantitative estimate of drug-likeness (QED) is 0.799. The largest absolute Gasteiger partial charge is 0.340 e. The molecule has 1 spiro atoms. The van der Waals surface area contributed by atoms with E-state index in [0.29, 0.717) is 18.2 Å². The van der Waals surface area contributed by atoms with Crippen LogP contribution in [0.4, 0.5) is 0 Å². The van der Waals surface area contributed by atoms with Crippen molar-refractivity contribution in [3.8, 4) is 0 Å². The zero-order chi connectivity index (χ0) is 15.9. The van der Waals surface area contributed by atoms with E-state index in [-0.39, 0.29) is 11.4 Å². The highest BCUT2D eigenvalue weighted by Gasteiger charge is 2.50. The monoisotopic (exact) mass is 318 g/mol. The van der Waals surface area contributed by atoms with Crippen LogP contribution in [0.2, 0.25) is 0 Å². The number of piperidine rings is 1. The van der Waals surface area contributed by atoms with Gasteiger partial charge in [-0.15, -0.1) is 0 Å². The zero-order valence-electron chi connectivity index (χ0n) is 14.3. The fraction of sp³-hybridized carbons (Fsp3) is 0.895. The number of rotatable bonds is 4. The maximum atomic E-state index is 13.0. The molecule has 4 nitrogen and oxygen atoms in total. The van der Waals surface area contributed by atoms with Crippen LogP contribution in [0.5, 0.6) is 0 Å². The van der Waals surface area contributed by atoms with Gasteiger partial charge < -0.3 is 9.80 Å². The van der Waals surface area contributed by atoms with Gasteiger partial charge in [-0.3, -0.25) is 9.59 Å². The second-order valence-corrected chi connectivity index (χ2v) is 8.48. The lowest BCUT2D eigenvalue weighted by molar-refractivity contribution is -0.140. The third-order valence-electron chi connectivity index (χ3n) is 6.58. The van der Waals surface area contributed by atoms with Gasteiger partial charge in [0.05, 0.1) is 12.0 Å². The Morgan fingerprint density at radius 1 is 1.04 bits per heavy atom. The van der Waals surface area contributed by atoms with Crippen molar-refractivity contribution in [2.24, 2.45) is 11.8 Å². The zero-order valence-corrected chi connectivity index (χ0v) is 14.3. The maximum Gasteiger partial charge on any atom is 0.225 e. The SMILES string of the molecule is O=C1C[C@]2(CCCCN2C(=O)CC2CCCC2)CN1CC1CC1. The van der Waals surface area contributed by atoms with Crippen molar-refractivity contribution in [3.63, 3.8) is 0 Å². The van der Waals surface area contributed by atoms with Crippen LogP contribution >= 0.6 is 0 Å². The van der Waals surface area contributed by atoms with Gasteiger partial charge in [0.1, 0.15) is 0 Å². The Labute approximate surface area is 139 Å². The Morgan fingerprint density at radius 2 is 1.83 bits per heavy atom. The van der Waals surface area contributed by atoms with Gasteiger partial charge in [0.25, 0.3) is 0 Å². The summed E-state index contributed by atoms with van der Waals surface area (Å²) in [7, 11) is 0. The minimum absolute atomic E-state index is 0.167. The maximum absolute atomic E-state index is 13.0. The molecule has 1 atom stereocenters. The van der Waals surface area contributed by atoms with Gasteiger partial charge in [0, 0.05) is 26.1 Å². The Morgan fingerprint density at radius 3 is 2.57 bits per heavy atom. The van der Waals surface area contributed by atoms with Crippen molar-refractivity contribution >= 4 is 11.8 Å². The van der Waals surface area contributed by atoms with Crippen LogP contribution in [0.15, 0.2) is 0 Å². The van der Waals surface area contributed by atoms with Crippen molar-refractivity contribution in [1.82, 2.24) is 9.80 Å². The van der Waals surface area contributed by atoms with Crippen LogP contribution in [-0.4, -0.2) is 46.8 Å². The molecule has 4 aliphatic rings. The summed E-state index contributed by atoms with van der Waals surface area (Å²) in [5.41, 5.74) is -0.167. The smallest absolute Gasteiger partial charge is 0.225 e. The van der Waals surface area contributed by atoms with Crippen LogP contribution in [0.25, 0.3) is 0 Å². The highest BCUT2D eigenvalue weighted by molar-refractivity contribution is 5.84. The predicted molar refractivity (Wildman–Crippen MR) is 88.8 cm³/mol. The summed E-state index contributed by atoms with van der Waals surface area (Å²) in [4.78, 5) is 29.7. The third kappa shape index (κ3) is 3.14. The molecule has 0 N–H and O–H groups in total. The standard InChI is InChI=1S/C19H30N2O2/c22-17(11-15-5-1-2-6-15)21-10-4-3-9-19(21)12-18(23)20(14-19)13-16-7-8-16/h15-16H,1-14H2/t19-/m1/s1. The number of hydrogen-bond donors (Lipinski definition) is 0. The molecule has 2 aliphatic carbocycles. The van der Waals surface area contributed by atoms with Crippen molar-refractivity contribution in [2.75, 3.05) is 19.6 Å². The van der Waals surface area contributed by atoms with Crippen LogP contribution in [0, 0.1) is 11.8 Å². The van der Waals surface area contributed by atoms with Gasteiger partial charge in [0.15, 0.2) is 0 Å². The Hall–Kier alpha value is -1.06. The number of carbonyl (C=O) groups excluding carboxylic acids is 2. The Kier molecular flexibility index (Phi) is 4.10. The van der Waals surface area contributed by atoms with Crippen LogP contribution in [0.3, 0.4) is 0 Å². The first-order valence-electron chi connectivity index (χ1n) is 9.75. The highest BCUT2D eigenvalue weighted by atomic mass is 16.2. The lowest BCUT2D eigenvalue weighted by Crippen LogP contribution is -2.56. The van der Waals surface area contributed by atoms with E-state index in [1.165, 1.54) is 38.5 Å². The molecule has 2 saturated heterocycles. The third-order valence-corrected chi connectivity index (χ3v) is 6.58. The molecular formula is C19H30N2O2. The van der Waals surface area contributed by atoms with Crippen LogP contribution in [0.1, 0.15) is 70.6 Å². The molecule has 128 valence electrons. The first kappa shape index (κ1) is 15.5. The van der Waals surface area contributed by atoms with Gasteiger partial charge in [-0.1, -0.05) is 12.8 Å². The molecule has 2 aliphatic heterocycles. The molecule has 0 aromatic heterocycles. The summed E-state index contributed by atoms with van der Waals surface area (Å²) in [5, 5.41) is 0. The van der Waals surface area contributed by atoms with Gasteiger partial charge in [0.2, 0.25) is 11.8 Å². The minimum atomic E-state index is -0.167. The molecule has 4 fully saturated rings. The lowest BCUT2D eigenvalue weighted by atomic mass is 9.84. The first-order valence-corrected chi connectivity index (χ1v) is 9.75. The second kappa shape index (κ2) is 6.10. The molecule has 2 heterocycles. The minimum Gasteiger partial charge on any atom is -0.340 e. The molecule has 2 amide bonds. The Balaban J connectivity index is 1.45. The normalized spacial score (nSPS) is 32.3. The van der Waals surface area contributed by atoms with E-state index in [0.717, 1.165) is 51.2 Å². The molecule has 23 heavy (non-hydrogen) atoms. The molecule has 0 unspecified atom stereocenters. The number of amides is 2. The van der Waals surface area contributed by atoms with Gasteiger partial charge in [-0.2, -0.15) is 0 Å². The fourth-order valence-corrected chi connectivity index (χ4v) is 5.08. The van der Waals surface area contributed by atoms with Crippen molar-refractivity contribution < 1.29 is 9.59 Å². The molecule has 0 radical (unpaired) electrons. The topological polar surface area (TPSA) is 40.6 Å². The fourth-order valence-electron chi connectivity index (χ4n) is 5.08.